The number of hydrogen-bond donors (Lipinski definition) is 2. The largest absolute Gasteiger partial charge is 0.369 e. The minimum absolute atomic E-state index is 0.0808. The molecule has 3 aromatic rings. The topological polar surface area (TPSA) is 109 Å². The fraction of sp³-hybridized carbons (Fsp3) is 0.400. The number of hydrogen-bond acceptors (Lipinski definition) is 6. The van der Waals surface area contributed by atoms with Gasteiger partial charge in [-0.1, -0.05) is 31.0 Å². The van der Waals surface area contributed by atoms with Crippen molar-refractivity contribution in [3.8, 4) is 17.3 Å². The van der Waals surface area contributed by atoms with Crippen LogP contribution < -0.4 is 10.6 Å². The summed E-state index contributed by atoms with van der Waals surface area (Å²) in [5, 5.41) is 20.8. The van der Waals surface area contributed by atoms with Crippen molar-refractivity contribution in [1.82, 2.24) is 25.1 Å². The normalized spacial score (nSPS) is 17.1. The Balaban J connectivity index is 1.42. The minimum atomic E-state index is -0.210. The first-order valence-corrected chi connectivity index (χ1v) is 11.5. The second-order valence-electron chi connectivity index (χ2n) is 8.93. The molecule has 168 valence electrons. The third-order valence-electron chi connectivity index (χ3n) is 7.03. The maximum Gasteiger partial charge on any atom is 0.251 e. The molecule has 2 aromatic heterocycles. The van der Waals surface area contributed by atoms with Gasteiger partial charge < -0.3 is 10.6 Å². The van der Waals surface area contributed by atoms with Crippen LogP contribution in [0.1, 0.15) is 54.1 Å². The van der Waals surface area contributed by atoms with Gasteiger partial charge >= 0.3 is 0 Å². The molecule has 1 aliphatic heterocycles. The summed E-state index contributed by atoms with van der Waals surface area (Å²) in [6.45, 7) is 1.38. The molecule has 0 bridgehead atoms. The lowest BCUT2D eigenvalue weighted by Gasteiger charge is -2.37. The lowest BCUT2D eigenvalue weighted by molar-refractivity contribution is 0.0894. The summed E-state index contributed by atoms with van der Waals surface area (Å²) in [7, 11) is 0. The molecule has 0 spiro atoms. The van der Waals surface area contributed by atoms with Crippen LogP contribution in [0.4, 0.5) is 5.82 Å². The minimum Gasteiger partial charge on any atom is -0.369 e. The predicted octanol–water partition coefficient (Wildman–Crippen LogP) is 3.75. The Kier molecular flexibility index (Phi) is 5.78. The van der Waals surface area contributed by atoms with Crippen molar-refractivity contribution in [2.24, 2.45) is 5.41 Å². The summed E-state index contributed by atoms with van der Waals surface area (Å²) in [5.41, 5.74) is 3.37. The smallest absolute Gasteiger partial charge is 0.251 e. The molecule has 5 rings (SSSR count). The number of fused-ring (bicyclic) bond motifs is 1. The third kappa shape index (κ3) is 4.07. The summed E-state index contributed by atoms with van der Waals surface area (Å²) in [6.07, 6.45) is 10.7. The molecule has 3 heterocycles. The van der Waals surface area contributed by atoms with Gasteiger partial charge in [-0.3, -0.25) is 9.48 Å². The SMILES string of the molecule is N#CCC(n1cc(-c2ncnc3c2CCN3)cn1)C1(CNC(=O)c2ccccc2)CCCC1. The van der Waals surface area contributed by atoms with Crippen LogP contribution in [-0.2, 0) is 6.42 Å². The molecule has 1 aliphatic carbocycles. The highest BCUT2D eigenvalue weighted by molar-refractivity contribution is 5.94. The van der Waals surface area contributed by atoms with E-state index < -0.39 is 0 Å². The van der Waals surface area contributed by atoms with Crippen molar-refractivity contribution in [1.29, 1.82) is 5.26 Å². The lowest BCUT2D eigenvalue weighted by Crippen LogP contribution is -2.42. The van der Waals surface area contributed by atoms with Gasteiger partial charge in [-0.2, -0.15) is 10.4 Å². The fourth-order valence-electron chi connectivity index (χ4n) is 5.32. The quantitative estimate of drug-likeness (QED) is 0.578. The Morgan fingerprint density at radius 3 is 2.85 bits per heavy atom. The number of aromatic nitrogens is 4. The van der Waals surface area contributed by atoms with E-state index in [0.29, 0.717) is 18.5 Å². The van der Waals surface area contributed by atoms with Crippen LogP contribution in [0.5, 0.6) is 0 Å². The van der Waals surface area contributed by atoms with Gasteiger partial charge in [0.25, 0.3) is 5.91 Å². The van der Waals surface area contributed by atoms with Crippen molar-refractivity contribution >= 4 is 11.7 Å². The summed E-state index contributed by atoms with van der Waals surface area (Å²) in [6, 6.07) is 11.5. The number of anilines is 1. The van der Waals surface area contributed by atoms with E-state index >= 15 is 0 Å². The van der Waals surface area contributed by atoms with Gasteiger partial charge in [0.1, 0.15) is 12.1 Å². The number of nitriles is 1. The number of amides is 1. The number of nitrogens with one attached hydrogen (secondary N) is 2. The highest BCUT2D eigenvalue weighted by atomic mass is 16.1. The molecular weight excluding hydrogens is 414 g/mol. The Morgan fingerprint density at radius 2 is 2.06 bits per heavy atom. The van der Waals surface area contributed by atoms with E-state index in [9.17, 15) is 10.1 Å². The van der Waals surface area contributed by atoms with Crippen LogP contribution in [0.3, 0.4) is 0 Å². The fourth-order valence-corrected chi connectivity index (χ4v) is 5.32. The number of benzene rings is 1. The molecule has 33 heavy (non-hydrogen) atoms. The first-order chi connectivity index (χ1) is 16.2. The summed E-state index contributed by atoms with van der Waals surface area (Å²) in [4.78, 5) is 21.6. The number of rotatable bonds is 7. The first kappa shape index (κ1) is 21.1. The van der Waals surface area contributed by atoms with Crippen LogP contribution in [0.15, 0.2) is 49.1 Å². The zero-order chi connectivity index (χ0) is 22.7. The molecule has 1 fully saturated rings. The van der Waals surface area contributed by atoms with Gasteiger partial charge in [0, 0.05) is 41.4 Å². The van der Waals surface area contributed by atoms with Crippen LogP contribution in [0, 0.1) is 16.7 Å². The monoisotopic (exact) mass is 441 g/mol. The molecule has 1 amide bonds. The molecule has 0 saturated heterocycles. The maximum atomic E-state index is 12.7. The van der Waals surface area contributed by atoms with E-state index in [2.05, 4.69) is 31.8 Å². The summed E-state index contributed by atoms with van der Waals surface area (Å²) >= 11 is 0. The van der Waals surface area contributed by atoms with Gasteiger partial charge in [-0.25, -0.2) is 9.97 Å². The predicted molar refractivity (Wildman–Crippen MR) is 124 cm³/mol. The number of nitrogens with zero attached hydrogens (tertiary/aromatic N) is 5. The number of carbonyl (C=O) groups excluding carboxylic acids is 1. The van der Waals surface area contributed by atoms with Gasteiger partial charge in [-0.05, 0) is 31.4 Å². The highest BCUT2D eigenvalue weighted by Gasteiger charge is 2.43. The molecule has 0 radical (unpaired) electrons. The maximum absolute atomic E-state index is 12.7. The van der Waals surface area contributed by atoms with Crippen molar-refractivity contribution in [2.75, 3.05) is 18.4 Å². The van der Waals surface area contributed by atoms with Crippen LogP contribution in [0.2, 0.25) is 0 Å². The van der Waals surface area contributed by atoms with Gasteiger partial charge in [0.2, 0.25) is 0 Å². The van der Waals surface area contributed by atoms with E-state index in [1.165, 1.54) is 0 Å². The molecule has 8 nitrogen and oxygen atoms in total. The van der Waals surface area contributed by atoms with E-state index in [0.717, 1.165) is 61.3 Å². The molecule has 2 aliphatic rings. The van der Waals surface area contributed by atoms with Crippen molar-refractivity contribution in [3.63, 3.8) is 0 Å². The van der Waals surface area contributed by atoms with Crippen LogP contribution in [0.25, 0.3) is 11.3 Å². The van der Waals surface area contributed by atoms with Gasteiger partial charge in [0.05, 0.1) is 30.4 Å². The van der Waals surface area contributed by atoms with E-state index in [4.69, 9.17) is 0 Å². The number of carbonyl (C=O) groups is 1. The van der Waals surface area contributed by atoms with Gasteiger partial charge in [-0.15, -0.1) is 0 Å². The molecule has 8 heteroatoms. The Labute approximate surface area is 193 Å². The summed E-state index contributed by atoms with van der Waals surface area (Å²) < 4.78 is 1.93. The highest BCUT2D eigenvalue weighted by Crippen LogP contribution is 2.48. The second-order valence-corrected chi connectivity index (χ2v) is 8.93. The average molecular weight is 442 g/mol. The van der Waals surface area contributed by atoms with Crippen LogP contribution >= 0.6 is 0 Å². The Morgan fingerprint density at radius 1 is 1.24 bits per heavy atom. The van der Waals surface area contributed by atoms with E-state index in [-0.39, 0.29) is 17.4 Å². The van der Waals surface area contributed by atoms with Crippen molar-refractivity contribution in [3.05, 3.63) is 60.2 Å². The zero-order valence-corrected chi connectivity index (χ0v) is 18.5. The molecule has 1 aromatic carbocycles. The van der Waals surface area contributed by atoms with Crippen molar-refractivity contribution < 1.29 is 4.79 Å². The molecule has 1 unspecified atom stereocenters. The average Bonchev–Trinajstić information content (AvgIpc) is 3.62. The van der Waals surface area contributed by atoms with Crippen LogP contribution in [-0.4, -0.2) is 38.7 Å². The first-order valence-electron chi connectivity index (χ1n) is 11.5. The van der Waals surface area contributed by atoms with E-state index in [1.54, 1.807) is 6.33 Å². The molecule has 1 atom stereocenters. The third-order valence-corrected chi connectivity index (χ3v) is 7.03. The zero-order valence-electron chi connectivity index (χ0n) is 18.5. The Bertz CT molecular complexity index is 1170. The molecular formula is C25H27N7O. The molecule has 2 N–H and O–H groups in total. The second kappa shape index (κ2) is 9.02. The standard InChI is InChI=1S/C25H27N7O/c26-12-8-21(25(10-4-5-11-25)16-28-24(33)18-6-2-1-3-7-18)32-15-19(14-31-32)22-20-9-13-27-23(20)30-17-29-22/h1-3,6-7,14-15,17,21H,4-5,8-11,13,16H2,(H,28,33)(H,27,29,30). The van der Waals surface area contributed by atoms with Gasteiger partial charge in [0.15, 0.2) is 0 Å². The lowest BCUT2D eigenvalue weighted by atomic mass is 9.77. The summed E-state index contributed by atoms with van der Waals surface area (Å²) in [5.74, 6) is 0.806. The van der Waals surface area contributed by atoms with Crippen molar-refractivity contribution in [2.45, 2.75) is 44.6 Å². The Hall–Kier alpha value is -3.73. The molecule has 1 saturated carbocycles. The van der Waals surface area contributed by atoms with E-state index in [1.807, 2.05) is 47.4 Å².